The van der Waals surface area contributed by atoms with E-state index in [1.165, 1.54) is 35.6 Å². The zero-order chi connectivity index (χ0) is 73.6. The fourth-order valence-corrected chi connectivity index (χ4v) is 15.9. The van der Waals surface area contributed by atoms with Crippen LogP contribution in [0, 0.1) is 0 Å². The number of methoxy groups -OCH3 is 2. The summed E-state index contributed by atoms with van der Waals surface area (Å²) >= 11 is 6.17. The number of benzene rings is 3. The van der Waals surface area contributed by atoms with E-state index in [9.17, 15) is 55.1 Å². The minimum atomic E-state index is -4.93. The molecule has 0 radical (unpaired) electrons. The van der Waals surface area contributed by atoms with Crippen molar-refractivity contribution in [3.05, 3.63) is 152 Å². The number of ketones is 3. The Morgan fingerprint density at radius 3 is 1.55 bits per heavy atom. The monoisotopic (exact) mass is 1430 g/mol. The lowest BCUT2D eigenvalue weighted by Gasteiger charge is -2.53. The summed E-state index contributed by atoms with van der Waals surface area (Å²) in [5, 5.41) is 4.08. The fraction of sp³-hybridized carbons (Fsp3) is 0.520. The predicted octanol–water partition coefficient (Wildman–Crippen LogP) is 13.8. The third-order valence-electron chi connectivity index (χ3n) is 21.2. The number of amides is 3. The van der Waals surface area contributed by atoms with Crippen LogP contribution in [-0.2, 0) is 42.4 Å². The summed E-state index contributed by atoms with van der Waals surface area (Å²) in [6, 6.07) is 24.5. The topological polar surface area (TPSA) is 182 Å². The van der Waals surface area contributed by atoms with Gasteiger partial charge in [-0.2, -0.15) is 26.3 Å². The maximum atomic E-state index is 13.7. The lowest BCUT2D eigenvalue weighted by atomic mass is 9.79. The molecule has 12 rings (SSSR count). The van der Waals surface area contributed by atoms with Crippen molar-refractivity contribution >= 4 is 46.7 Å². The van der Waals surface area contributed by atoms with Gasteiger partial charge in [0, 0.05) is 128 Å². The van der Waals surface area contributed by atoms with Crippen molar-refractivity contribution in [2.24, 2.45) is 0 Å². The summed E-state index contributed by atoms with van der Waals surface area (Å²) in [7, 11) is 7.20. The summed E-state index contributed by atoms with van der Waals surface area (Å²) in [5.41, 5.74) is 2.73. The predicted molar refractivity (Wildman–Crippen MR) is 374 cm³/mol. The highest BCUT2D eigenvalue weighted by Gasteiger charge is 2.52. The molecule has 2 atom stereocenters. The molecule has 3 saturated heterocycles. The Bertz CT molecular complexity index is 4110. The fourth-order valence-electron chi connectivity index (χ4n) is 15.7. The number of aromatic nitrogens is 3. The molecule has 0 aliphatic carbocycles. The number of ether oxygens (including phenoxy) is 4. The number of likely N-dealkylation sites (tertiary alicyclic amines) is 3. The molecule has 3 spiro atoms. The Balaban J connectivity index is 0.000000194. The van der Waals surface area contributed by atoms with E-state index in [-0.39, 0.29) is 66.5 Å². The highest BCUT2D eigenvalue weighted by Crippen LogP contribution is 2.47. The van der Waals surface area contributed by atoms with E-state index in [1.54, 1.807) is 74.9 Å². The van der Waals surface area contributed by atoms with Gasteiger partial charge in [-0.3, -0.25) is 43.9 Å². The van der Waals surface area contributed by atoms with Crippen molar-refractivity contribution in [3.8, 4) is 23.0 Å². The molecule has 6 aromatic rings. The first-order valence-electron chi connectivity index (χ1n) is 34.4. The molecule has 101 heavy (non-hydrogen) atoms. The molecule has 9 heterocycles. The summed E-state index contributed by atoms with van der Waals surface area (Å²) < 4.78 is 108. The third kappa shape index (κ3) is 15.1. The van der Waals surface area contributed by atoms with Crippen LogP contribution in [0.5, 0.6) is 23.0 Å². The molecule has 3 aromatic carbocycles. The molecule has 6 aliphatic heterocycles. The van der Waals surface area contributed by atoms with Gasteiger partial charge in [0.15, 0.2) is 23.1 Å². The number of piperidine rings is 3. The minimum absolute atomic E-state index is 0. The van der Waals surface area contributed by atoms with E-state index in [0.717, 1.165) is 49.8 Å². The zero-order valence-corrected chi connectivity index (χ0v) is 60.5. The van der Waals surface area contributed by atoms with Gasteiger partial charge in [0.2, 0.25) is 0 Å². The Labute approximate surface area is 593 Å². The number of nitrogens with one attached hydrogen (secondary N) is 1. The molecular weight excluding hydrogens is 1340 g/mol. The number of hydrogen-bond donors (Lipinski definition) is 1. The van der Waals surface area contributed by atoms with E-state index in [1.807, 2.05) is 56.1 Å². The number of nitrogens with zero attached hydrogens (tertiary/aromatic N) is 8. The molecule has 3 fully saturated rings. The lowest BCUT2D eigenvalue weighted by Crippen LogP contribution is -2.63. The molecule has 0 unspecified atom stereocenters. The highest BCUT2D eigenvalue weighted by atomic mass is 35.5. The van der Waals surface area contributed by atoms with Gasteiger partial charge < -0.3 is 47.3 Å². The van der Waals surface area contributed by atoms with Crippen molar-refractivity contribution in [2.45, 2.75) is 180 Å². The second kappa shape index (κ2) is 29.3. The largest absolute Gasteiger partial charge is 0.495 e. The van der Waals surface area contributed by atoms with Crippen LogP contribution in [0.25, 0.3) is 0 Å². The van der Waals surface area contributed by atoms with Crippen LogP contribution < -0.4 is 24.3 Å². The molecule has 0 bridgehead atoms. The van der Waals surface area contributed by atoms with Crippen LogP contribution in [0.3, 0.4) is 0 Å². The standard InChI is InChI=1S/C26H32F3N3O3.C26H35N3O4.C23H25ClF3N3O3.2H2/c1-16(2)35-21-8-6-18(14-19(21)26(27,28)29)23(34)31-12-10-25(11-13-31)22-9-7-20(17(3)33)32(22)15-24(4,5)30-25;1-6-18(2)33-22-9-7-20(17-23(22)32-5)25(31)28-13-11-26(12-14-28)24-10-8-21(19(3)30)29(24)16-15-27(26)4;1-14-13-30-17(20(31)23(25,26)27)5-7-19(30)22(28(14)2)8-10-29(11-9-22)21(32)15-4-6-18(33-3)16(24)12-15;;/h6-9,14,16,30H,10-13,15H2,1-5H3;7-10,17-18H,6,11-16H2,1-5H3;4-7,12,14H,8-11,13H2,1-3H3;2*1H/t;18-;14-;;/m.00../s1. The molecule has 26 heteroatoms. The molecule has 550 valence electrons. The molecule has 1 N–H and O–H groups in total. The first kappa shape index (κ1) is 75.5. The van der Waals surface area contributed by atoms with Crippen molar-refractivity contribution in [1.82, 2.24) is 43.5 Å². The zero-order valence-electron chi connectivity index (χ0n) is 59.7. The number of carbonyl (C=O) groups is 6. The normalized spacial score (nSPS) is 19.4. The second-order valence-corrected chi connectivity index (χ2v) is 28.8. The van der Waals surface area contributed by atoms with Crippen molar-refractivity contribution in [3.63, 3.8) is 0 Å². The third-order valence-corrected chi connectivity index (χ3v) is 21.5. The summed E-state index contributed by atoms with van der Waals surface area (Å²) in [6.07, 6.45) is -5.10. The van der Waals surface area contributed by atoms with E-state index >= 15 is 0 Å². The smallest absolute Gasteiger partial charge is 0.456 e. The first-order chi connectivity index (χ1) is 47.5. The molecular formula is C75H96ClF6N9O10. The Hall–Kier alpha value is -8.13. The molecule has 3 aromatic heterocycles. The first-order valence-corrected chi connectivity index (χ1v) is 34.8. The Kier molecular flexibility index (Phi) is 21.9. The van der Waals surface area contributed by atoms with E-state index < -0.39 is 46.8 Å². The van der Waals surface area contributed by atoms with Gasteiger partial charge in [-0.05, 0) is 192 Å². The van der Waals surface area contributed by atoms with Crippen LogP contribution in [-0.4, -0.2) is 177 Å². The number of halogens is 7. The number of Topliss-reactive ketones (excluding diaryl/α,β-unsaturated/α-hetero) is 3. The van der Waals surface area contributed by atoms with Gasteiger partial charge in [0.25, 0.3) is 23.5 Å². The Morgan fingerprint density at radius 2 is 1.05 bits per heavy atom. The van der Waals surface area contributed by atoms with Crippen LogP contribution >= 0.6 is 11.6 Å². The van der Waals surface area contributed by atoms with E-state index in [0.29, 0.717) is 123 Å². The average Bonchev–Trinajstić information content (AvgIpc) is 1.68. The van der Waals surface area contributed by atoms with Gasteiger partial charge in [-0.25, -0.2) is 0 Å². The SMILES string of the molecule is CC(=O)c1ccc2n1CC(C)(C)NC21CCN(C(=O)c2ccc(OC(C)C)c(C(F)(F)F)c2)CC1.CC[C@H](C)Oc1ccc(C(=O)N2CCC3(CC2)c2ccc(C(C)=O)n2CCN3C)cc1OC.COc1ccc(C(=O)N2CCC3(CC2)c2ccc(C(=O)C(F)(F)F)n2C[C@H](C)N3C)cc1Cl.[HH].[HH]. The molecule has 19 nitrogen and oxygen atoms in total. The van der Waals surface area contributed by atoms with Crippen LogP contribution in [0.4, 0.5) is 26.3 Å². The van der Waals surface area contributed by atoms with Crippen molar-refractivity contribution < 1.29 is 76.9 Å². The van der Waals surface area contributed by atoms with Gasteiger partial charge in [0.05, 0.1) is 70.7 Å². The highest BCUT2D eigenvalue weighted by molar-refractivity contribution is 6.32. The number of hydrogen-bond acceptors (Lipinski definition) is 13. The van der Waals surface area contributed by atoms with Crippen molar-refractivity contribution in [1.29, 1.82) is 0 Å². The van der Waals surface area contributed by atoms with Gasteiger partial charge in [-0.1, -0.05) is 18.5 Å². The van der Waals surface area contributed by atoms with Crippen LogP contribution in [0.1, 0.15) is 195 Å². The minimum Gasteiger partial charge on any atom is -0.495 e. The summed E-state index contributed by atoms with van der Waals surface area (Å²) in [4.78, 5) is 85.6. The van der Waals surface area contributed by atoms with Gasteiger partial charge in [0.1, 0.15) is 11.5 Å². The quantitative estimate of drug-likeness (QED) is 0.0852. The van der Waals surface area contributed by atoms with Gasteiger partial charge >= 0.3 is 12.4 Å². The number of carbonyl (C=O) groups excluding carboxylic acids is 6. The molecule has 3 amide bonds. The van der Waals surface area contributed by atoms with Crippen molar-refractivity contribution in [2.75, 3.05) is 74.1 Å². The number of alkyl halides is 6. The number of likely N-dealkylation sites (N-methyl/N-ethyl adjacent to an activating group) is 2. The molecule has 0 saturated carbocycles. The number of fused-ring (bicyclic) bond motifs is 6. The van der Waals surface area contributed by atoms with Crippen LogP contribution in [0.2, 0.25) is 5.02 Å². The average molecular weight is 1430 g/mol. The maximum absolute atomic E-state index is 13.7. The molecule has 6 aliphatic rings. The summed E-state index contributed by atoms with van der Waals surface area (Å²) in [6.45, 7) is 22.3. The summed E-state index contributed by atoms with van der Waals surface area (Å²) in [5.74, 6) is -0.874. The number of rotatable bonds is 13. The Morgan fingerprint density at radius 1 is 0.574 bits per heavy atom. The second-order valence-electron chi connectivity index (χ2n) is 28.4. The van der Waals surface area contributed by atoms with E-state index in [4.69, 9.17) is 30.5 Å². The van der Waals surface area contributed by atoms with E-state index in [2.05, 4.69) is 58.1 Å². The maximum Gasteiger partial charge on any atom is 0.456 e. The lowest BCUT2D eigenvalue weighted by molar-refractivity contribution is -0.139. The van der Waals surface area contributed by atoms with Crippen LogP contribution in [0.15, 0.2) is 91.0 Å². The van der Waals surface area contributed by atoms with Gasteiger partial charge in [-0.15, -0.1) is 0 Å².